The van der Waals surface area contributed by atoms with E-state index in [1.54, 1.807) is 18.1 Å². The highest BCUT2D eigenvalue weighted by Crippen LogP contribution is 2.14. The fraction of sp³-hybridized carbons (Fsp3) is 0.571. The molecule has 1 rings (SSSR count). The maximum atomic E-state index is 12.5. The Morgan fingerprint density at radius 1 is 1.30 bits per heavy atom. The number of nitrogens with zero attached hydrogens (tertiary/aromatic N) is 1. The molecule has 0 aliphatic rings. The first-order valence-corrected chi connectivity index (χ1v) is 6.55. The van der Waals surface area contributed by atoms with Crippen molar-refractivity contribution < 1.29 is 23.5 Å². The predicted molar refractivity (Wildman–Crippen MR) is 72.5 cm³/mol. The summed E-state index contributed by atoms with van der Waals surface area (Å²) in [6, 6.07) is 1.65. The van der Waals surface area contributed by atoms with Crippen LogP contribution in [0.2, 0.25) is 0 Å². The van der Waals surface area contributed by atoms with Crippen LogP contribution in [0.25, 0.3) is 0 Å². The van der Waals surface area contributed by atoms with Crippen LogP contribution in [0.3, 0.4) is 0 Å². The Bertz CT molecular complexity index is 441. The quantitative estimate of drug-likeness (QED) is 0.676. The van der Waals surface area contributed by atoms with Crippen molar-refractivity contribution in [2.75, 3.05) is 33.9 Å². The van der Waals surface area contributed by atoms with Crippen LogP contribution in [0, 0.1) is 0 Å². The largest absolute Gasteiger partial charge is 0.469 e. The van der Waals surface area contributed by atoms with Gasteiger partial charge in [-0.05, 0) is 6.07 Å². The number of amides is 1. The van der Waals surface area contributed by atoms with E-state index in [9.17, 15) is 9.59 Å². The zero-order valence-corrected chi connectivity index (χ0v) is 12.2. The summed E-state index contributed by atoms with van der Waals surface area (Å²) in [6.07, 6.45) is 2.30. The van der Waals surface area contributed by atoms with E-state index in [4.69, 9.17) is 9.15 Å². The summed E-state index contributed by atoms with van der Waals surface area (Å²) in [5.41, 5.74) is 0.536. The molecule has 1 aromatic rings. The van der Waals surface area contributed by atoms with Crippen LogP contribution in [0.15, 0.2) is 16.7 Å². The first-order chi connectivity index (χ1) is 9.63. The molecule has 0 aliphatic heterocycles. The highest BCUT2D eigenvalue weighted by Gasteiger charge is 2.21. The number of carbonyl (C=O) groups is 2. The molecule has 1 aromatic heterocycles. The Morgan fingerprint density at radius 2 is 2.05 bits per heavy atom. The number of esters is 1. The molecule has 20 heavy (non-hydrogen) atoms. The Hall–Kier alpha value is -1.82. The summed E-state index contributed by atoms with van der Waals surface area (Å²) in [6.45, 7) is 3.04. The van der Waals surface area contributed by atoms with Crippen molar-refractivity contribution in [3.05, 3.63) is 23.7 Å². The van der Waals surface area contributed by atoms with E-state index in [1.165, 1.54) is 13.4 Å². The molecule has 0 unspecified atom stereocenters. The molecule has 0 radical (unpaired) electrons. The summed E-state index contributed by atoms with van der Waals surface area (Å²) in [7, 11) is 2.90. The van der Waals surface area contributed by atoms with Gasteiger partial charge in [0.1, 0.15) is 5.76 Å². The molecular weight excluding hydrogens is 262 g/mol. The molecule has 0 aliphatic carbocycles. The lowest BCUT2D eigenvalue weighted by Crippen LogP contribution is -2.36. The molecule has 0 fully saturated rings. The smallest absolute Gasteiger partial charge is 0.307 e. The van der Waals surface area contributed by atoms with E-state index in [1.807, 2.05) is 6.92 Å². The van der Waals surface area contributed by atoms with Gasteiger partial charge in [0.05, 0.1) is 32.0 Å². The van der Waals surface area contributed by atoms with E-state index in [2.05, 4.69) is 4.74 Å². The second-order valence-corrected chi connectivity index (χ2v) is 4.22. The van der Waals surface area contributed by atoms with Gasteiger partial charge in [-0.15, -0.1) is 0 Å². The lowest BCUT2D eigenvalue weighted by Gasteiger charge is -2.21. The van der Waals surface area contributed by atoms with Crippen LogP contribution in [-0.2, 0) is 20.7 Å². The molecule has 0 N–H and O–H groups in total. The van der Waals surface area contributed by atoms with Crippen LogP contribution in [0.4, 0.5) is 0 Å². The van der Waals surface area contributed by atoms with Crippen molar-refractivity contribution in [3.63, 3.8) is 0 Å². The summed E-state index contributed by atoms with van der Waals surface area (Å²) in [5.74, 6) is 0.148. The van der Waals surface area contributed by atoms with Gasteiger partial charge in [0.2, 0.25) is 0 Å². The lowest BCUT2D eigenvalue weighted by atomic mass is 10.2. The number of methoxy groups -OCH3 is 2. The van der Waals surface area contributed by atoms with Crippen LogP contribution in [-0.4, -0.2) is 50.7 Å². The number of rotatable bonds is 8. The Morgan fingerprint density at radius 3 is 2.65 bits per heavy atom. The maximum Gasteiger partial charge on any atom is 0.307 e. The average molecular weight is 283 g/mol. The molecule has 0 spiro atoms. The van der Waals surface area contributed by atoms with Crippen molar-refractivity contribution >= 4 is 11.9 Å². The van der Waals surface area contributed by atoms with Crippen LogP contribution in [0.5, 0.6) is 0 Å². The van der Waals surface area contributed by atoms with Gasteiger partial charge in [0.15, 0.2) is 0 Å². The standard InChI is InChI=1S/C14H21NO5/c1-4-12-11(6-9-20-12)14(17)15(8-10-18-2)7-5-13(16)19-3/h6,9H,4-5,7-8,10H2,1-3H3. The molecule has 6 nitrogen and oxygen atoms in total. The second-order valence-electron chi connectivity index (χ2n) is 4.22. The van der Waals surface area contributed by atoms with Gasteiger partial charge in [0, 0.05) is 26.6 Å². The number of aryl methyl sites for hydroxylation is 1. The average Bonchev–Trinajstić information content (AvgIpc) is 2.94. The monoisotopic (exact) mass is 283 g/mol. The van der Waals surface area contributed by atoms with Crippen molar-refractivity contribution in [1.82, 2.24) is 4.90 Å². The van der Waals surface area contributed by atoms with Crippen LogP contribution in [0.1, 0.15) is 29.5 Å². The SMILES string of the molecule is CCc1occc1C(=O)N(CCOC)CCC(=O)OC. The van der Waals surface area contributed by atoms with Gasteiger partial charge < -0.3 is 18.8 Å². The van der Waals surface area contributed by atoms with Crippen LogP contribution < -0.4 is 0 Å². The van der Waals surface area contributed by atoms with E-state index < -0.39 is 0 Å². The molecular formula is C14H21NO5. The molecule has 0 aromatic carbocycles. The molecule has 0 saturated heterocycles. The van der Waals surface area contributed by atoms with Crippen molar-refractivity contribution in [3.8, 4) is 0 Å². The first-order valence-electron chi connectivity index (χ1n) is 6.55. The number of carbonyl (C=O) groups excluding carboxylic acids is 2. The van der Waals surface area contributed by atoms with Gasteiger partial charge >= 0.3 is 5.97 Å². The third-order valence-electron chi connectivity index (χ3n) is 2.96. The second kappa shape index (κ2) is 8.37. The zero-order valence-electron chi connectivity index (χ0n) is 12.2. The molecule has 6 heteroatoms. The summed E-state index contributed by atoms with van der Waals surface area (Å²) in [5, 5.41) is 0. The summed E-state index contributed by atoms with van der Waals surface area (Å²) >= 11 is 0. The first kappa shape index (κ1) is 16.2. The zero-order chi connectivity index (χ0) is 15.0. The summed E-state index contributed by atoms with van der Waals surface area (Å²) in [4.78, 5) is 25.2. The highest BCUT2D eigenvalue weighted by atomic mass is 16.5. The fourth-order valence-corrected chi connectivity index (χ4v) is 1.82. The molecule has 112 valence electrons. The summed E-state index contributed by atoms with van der Waals surface area (Å²) < 4.78 is 14.9. The Kier molecular flexibility index (Phi) is 6.79. The van der Waals surface area contributed by atoms with Gasteiger partial charge in [-0.3, -0.25) is 9.59 Å². The molecule has 1 heterocycles. The minimum atomic E-state index is -0.344. The number of furan rings is 1. The fourth-order valence-electron chi connectivity index (χ4n) is 1.82. The number of ether oxygens (including phenoxy) is 2. The lowest BCUT2D eigenvalue weighted by molar-refractivity contribution is -0.140. The molecule has 0 bridgehead atoms. The Labute approximate surface area is 118 Å². The van der Waals surface area contributed by atoms with E-state index in [-0.39, 0.29) is 18.3 Å². The highest BCUT2D eigenvalue weighted by molar-refractivity contribution is 5.95. The van der Waals surface area contributed by atoms with Gasteiger partial charge in [-0.1, -0.05) is 6.92 Å². The molecule has 0 saturated carbocycles. The Balaban J connectivity index is 2.75. The third-order valence-corrected chi connectivity index (χ3v) is 2.96. The predicted octanol–water partition coefficient (Wildman–Crippen LogP) is 1.49. The van der Waals surface area contributed by atoms with Crippen molar-refractivity contribution in [2.24, 2.45) is 0 Å². The minimum absolute atomic E-state index is 0.156. The third kappa shape index (κ3) is 4.38. The molecule has 1 amide bonds. The van der Waals surface area contributed by atoms with E-state index in [0.717, 1.165) is 0 Å². The molecule has 0 atom stereocenters. The number of hydrogen-bond donors (Lipinski definition) is 0. The van der Waals surface area contributed by atoms with Crippen molar-refractivity contribution in [1.29, 1.82) is 0 Å². The minimum Gasteiger partial charge on any atom is -0.469 e. The van der Waals surface area contributed by atoms with Gasteiger partial charge in [-0.2, -0.15) is 0 Å². The normalized spacial score (nSPS) is 10.3. The van der Waals surface area contributed by atoms with Crippen molar-refractivity contribution in [2.45, 2.75) is 19.8 Å². The number of hydrogen-bond acceptors (Lipinski definition) is 5. The maximum absolute atomic E-state index is 12.5. The topological polar surface area (TPSA) is 69.0 Å². The van der Waals surface area contributed by atoms with E-state index >= 15 is 0 Å². The van der Waals surface area contributed by atoms with Gasteiger partial charge in [0.25, 0.3) is 5.91 Å². The van der Waals surface area contributed by atoms with Gasteiger partial charge in [-0.25, -0.2) is 0 Å². The van der Waals surface area contributed by atoms with Crippen LogP contribution >= 0.6 is 0 Å². The van der Waals surface area contributed by atoms with E-state index in [0.29, 0.717) is 37.4 Å².